The molecule has 2 aromatic heterocycles. The van der Waals surface area contributed by atoms with E-state index in [9.17, 15) is 0 Å². The van der Waals surface area contributed by atoms with Crippen LogP contribution in [-0.4, -0.2) is 37.2 Å². The SMILES string of the molecule is COc1cc(-c2csc(=Nc3cccnc3)n2N=Cc2ccc(C#N)cc2)cc(OC)c1OC. The smallest absolute Gasteiger partial charge is 0.211 e. The fourth-order valence-electron chi connectivity index (χ4n) is 3.21. The van der Waals surface area contributed by atoms with Crippen LogP contribution in [0.2, 0.25) is 0 Å². The number of rotatable bonds is 7. The van der Waals surface area contributed by atoms with Gasteiger partial charge >= 0.3 is 0 Å². The summed E-state index contributed by atoms with van der Waals surface area (Å²) in [5.41, 5.74) is 3.75. The van der Waals surface area contributed by atoms with Crippen molar-refractivity contribution in [1.82, 2.24) is 9.66 Å². The van der Waals surface area contributed by atoms with Crippen LogP contribution in [0.15, 0.2) is 76.4 Å². The molecule has 0 amide bonds. The number of methoxy groups -OCH3 is 3. The van der Waals surface area contributed by atoms with Crippen molar-refractivity contribution in [3.8, 4) is 34.6 Å². The van der Waals surface area contributed by atoms with Crippen molar-refractivity contribution >= 4 is 23.2 Å². The minimum Gasteiger partial charge on any atom is -0.493 e. The van der Waals surface area contributed by atoms with Crippen molar-refractivity contribution in [2.24, 2.45) is 10.1 Å². The highest BCUT2D eigenvalue weighted by atomic mass is 32.1. The molecule has 8 nitrogen and oxygen atoms in total. The van der Waals surface area contributed by atoms with Crippen LogP contribution < -0.4 is 19.0 Å². The molecule has 0 aliphatic rings. The summed E-state index contributed by atoms with van der Waals surface area (Å²) < 4.78 is 18.3. The Kier molecular flexibility index (Phi) is 7.01. The molecule has 0 fully saturated rings. The largest absolute Gasteiger partial charge is 0.493 e. The number of aromatic nitrogens is 2. The molecular formula is C25H21N5O3S. The van der Waals surface area contributed by atoms with Crippen LogP contribution >= 0.6 is 11.3 Å². The monoisotopic (exact) mass is 471 g/mol. The molecule has 0 radical (unpaired) electrons. The number of hydrogen-bond acceptors (Lipinski definition) is 8. The molecule has 2 heterocycles. The average molecular weight is 472 g/mol. The third kappa shape index (κ3) is 4.82. The molecule has 34 heavy (non-hydrogen) atoms. The van der Waals surface area contributed by atoms with Crippen molar-refractivity contribution in [1.29, 1.82) is 5.26 Å². The van der Waals surface area contributed by atoms with Gasteiger partial charge in [0.25, 0.3) is 0 Å². The fourth-order valence-corrected chi connectivity index (χ4v) is 4.07. The molecule has 4 rings (SSSR count). The topological polar surface area (TPSA) is 94.0 Å². The van der Waals surface area contributed by atoms with E-state index < -0.39 is 0 Å². The van der Waals surface area contributed by atoms with Gasteiger partial charge in [-0.2, -0.15) is 10.4 Å². The number of nitriles is 1. The van der Waals surface area contributed by atoms with E-state index in [1.165, 1.54) is 11.3 Å². The van der Waals surface area contributed by atoms with E-state index >= 15 is 0 Å². The number of thiazole rings is 1. The predicted molar refractivity (Wildman–Crippen MR) is 131 cm³/mol. The first kappa shape index (κ1) is 22.8. The van der Waals surface area contributed by atoms with E-state index in [4.69, 9.17) is 29.6 Å². The highest BCUT2D eigenvalue weighted by Crippen LogP contribution is 2.41. The van der Waals surface area contributed by atoms with Crippen LogP contribution in [0, 0.1) is 11.3 Å². The molecule has 4 aromatic rings. The van der Waals surface area contributed by atoms with Crippen LogP contribution in [0.5, 0.6) is 17.2 Å². The van der Waals surface area contributed by atoms with E-state index in [0.29, 0.717) is 33.3 Å². The average Bonchev–Trinajstić information content (AvgIpc) is 3.29. The van der Waals surface area contributed by atoms with Crippen LogP contribution in [0.25, 0.3) is 11.3 Å². The minimum atomic E-state index is 0.511. The second-order valence-corrected chi connectivity index (χ2v) is 7.77. The fraction of sp³-hybridized carbons (Fsp3) is 0.120. The van der Waals surface area contributed by atoms with Gasteiger partial charge in [-0.25, -0.2) is 9.67 Å². The molecule has 0 saturated carbocycles. The lowest BCUT2D eigenvalue weighted by Gasteiger charge is -2.14. The Morgan fingerprint density at radius 2 is 1.76 bits per heavy atom. The second kappa shape index (κ2) is 10.5. The molecule has 0 aliphatic heterocycles. The van der Waals surface area contributed by atoms with Gasteiger partial charge in [0, 0.05) is 17.1 Å². The molecule has 0 N–H and O–H groups in total. The van der Waals surface area contributed by atoms with Crippen LogP contribution in [0.3, 0.4) is 0 Å². The van der Waals surface area contributed by atoms with Crippen LogP contribution in [0.1, 0.15) is 11.1 Å². The van der Waals surface area contributed by atoms with Crippen LogP contribution in [-0.2, 0) is 0 Å². The van der Waals surface area contributed by atoms with Crippen molar-refractivity contribution in [2.45, 2.75) is 0 Å². The highest BCUT2D eigenvalue weighted by Gasteiger charge is 2.17. The standard InChI is InChI=1S/C25H21N5O3S/c1-31-22-11-19(12-23(32-2)24(22)33-3)21-16-34-25(29-20-5-4-10-27-15-20)30(21)28-14-18-8-6-17(13-26)7-9-18/h4-12,14-16H,1-3H3. The second-order valence-electron chi connectivity index (χ2n) is 6.93. The lowest BCUT2D eigenvalue weighted by molar-refractivity contribution is 0.324. The van der Waals surface area contributed by atoms with Gasteiger partial charge in [-0.1, -0.05) is 12.1 Å². The Hall–Kier alpha value is -4.42. The van der Waals surface area contributed by atoms with E-state index in [-0.39, 0.29) is 0 Å². The first-order valence-electron chi connectivity index (χ1n) is 10.2. The molecule has 0 aliphatic carbocycles. The summed E-state index contributed by atoms with van der Waals surface area (Å²) in [6, 6.07) is 16.7. The van der Waals surface area contributed by atoms with Crippen molar-refractivity contribution in [3.63, 3.8) is 0 Å². The summed E-state index contributed by atoms with van der Waals surface area (Å²) in [7, 11) is 4.72. The van der Waals surface area contributed by atoms with Crippen molar-refractivity contribution < 1.29 is 14.2 Å². The quantitative estimate of drug-likeness (QED) is 0.367. The summed E-state index contributed by atoms with van der Waals surface area (Å²) in [6.07, 6.45) is 5.11. The van der Waals surface area contributed by atoms with E-state index in [2.05, 4.69) is 11.1 Å². The summed E-state index contributed by atoms with van der Waals surface area (Å²) in [5, 5.41) is 15.7. The first-order chi connectivity index (χ1) is 16.7. The molecule has 0 unspecified atom stereocenters. The van der Waals surface area contributed by atoms with E-state index in [1.54, 1.807) is 56.7 Å². The molecule has 0 spiro atoms. The maximum atomic E-state index is 9.04. The highest BCUT2D eigenvalue weighted by molar-refractivity contribution is 7.07. The van der Waals surface area contributed by atoms with Crippen molar-refractivity contribution in [3.05, 3.63) is 82.2 Å². The molecule has 0 bridgehead atoms. The van der Waals surface area contributed by atoms with Gasteiger partial charge in [0.2, 0.25) is 10.6 Å². The van der Waals surface area contributed by atoms with Crippen molar-refractivity contribution in [2.75, 3.05) is 21.3 Å². The van der Waals surface area contributed by atoms with Crippen LogP contribution in [0.4, 0.5) is 5.69 Å². The summed E-state index contributed by atoms with van der Waals surface area (Å²) in [5.74, 6) is 1.59. The first-order valence-corrected chi connectivity index (χ1v) is 11.0. The molecule has 0 atom stereocenters. The molecule has 170 valence electrons. The number of nitrogens with zero attached hydrogens (tertiary/aromatic N) is 5. The zero-order valence-electron chi connectivity index (χ0n) is 18.8. The van der Waals surface area contributed by atoms with Gasteiger partial charge in [0.05, 0.1) is 56.8 Å². The Labute approximate surface area is 200 Å². The summed E-state index contributed by atoms with van der Waals surface area (Å²) >= 11 is 1.44. The molecular weight excluding hydrogens is 450 g/mol. The Morgan fingerprint density at radius 1 is 1.03 bits per heavy atom. The van der Waals surface area contributed by atoms with Gasteiger partial charge in [0.15, 0.2) is 11.5 Å². The zero-order valence-corrected chi connectivity index (χ0v) is 19.6. The van der Waals surface area contributed by atoms with E-state index in [1.807, 2.05) is 41.8 Å². The number of hydrogen-bond donors (Lipinski definition) is 0. The summed E-state index contributed by atoms with van der Waals surface area (Å²) in [4.78, 5) is 9.51. The van der Waals surface area contributed by atoms with Gasteiger partial charge in [-0.3, -0.25) is 4.98 Å². The Morgan fingerprint density at radius 3 is 2.35 bits per heavy atom. The lowest BCUT2D eigenvalue weighted by Crippen LogP contribution is -2.11. The third-order valence-electron chi connectivity index (χ3n) is 4.88. The van der Waals surface area contributed by atoms with Gasteiger partial charge in [-0.05, 0) is 42.0 Å². The van der Waals surface area contributed by atoms with E-state index in [0.717, 1.165) is 16.8 Å². The third-order valence-corrected chi connectivity index (χ3v) is 5.69. The molecule has 9 heteroatoms. The lowest BCUT2D eigenvalue weighted by atomic mass is 10.1. The number of benzene rings is 2. The zero-order chi connectivity index (χ0) is 23.9. The molecule has 2 aromatic carbocycles. The minimum absolute atomic E-state index is 0.511. The normalized spacial score (nSPS) is 11.4. The molecule has 0 saturated heterocycles. The predicted octanol–water partition coefficient (Wildman–Crippen LogP) is 4.62. The van der Waals surface area contributed by atoms with Gasteiger partial charge in [-0.15, -0.1) is 11.3 Å². The Balaban J connectivity index is 1.87. The number of ether oxygens (including phenoxy) is 3. The van der Waals surface area contributed by atoms with Gasteiger partial charge in [0.1, 0.15) is 0 Å². The van der Waals surface area contributed by atoms with Gasteiger partial charge < -0.3 is 14.2 Å². The maximum Gasteiger partial charge on any atom is 0.211 e. The summed E-state index contributed by atoms with van der Waals surface area (Å²) in [6.45, 7) is 0. The maximum absolute atomic E-state index is 9.04. The number of pyridine rings is 1. The Bertz CT molecular complexity index is 1390.